The van der Waals surface area contributed by atoms with Crippen molar-refractivity contribution in [1.82, 2.24) is 4.98 Å². The van der Waals surface area contributed by atoms with Gasteiger partial charge in [-0.05, 0) is 42.7 Å². The third kappa shape index (κ3) is 4.84. The second-order valence-electron chi connectivity index (χ2n) is 6.58. The molecule has 0 spiro atoms. The summed E-state index contributed by atoms with van der Waals surface area (Å²) in [7, 11) is 0. The second-order valence-corrected chi connectivity index (χ2v) is 6.58. The Bertz CT molecular complexity index is 840. The topological polar surface area (TPSA) is 62.3 Å². The summed E-state index contributed by atoms with van der Waals surface area (Å²) in [4.78, 5) is 29.2. The van der Waals surface area contributed by atoms with Crippen molar-refractivity contribution >= 4 is 23.3 Å². The lowest BCUT2D eigenvalue weighted by molar-refractivity contribution is -0.119. The van der Waals surface area contributed by atoms with Crippen LogP contribution in [0.15, 0.2) is 48.7 Å². The van der Waals surface area contributed by atoms with E-state index in [1.165, 1.54) is 36.5 Å². The third-order valence-electron chi connectivity index (χ3n) is 4.33. The number of halogens is 3. The largest absolute Gasteiger partial charge is 0.406 e. The van der Waals surface area contributed by atoms with E-state index in [0.717, 1.165) is 6.42 Å². The van der Waals surface area contributed by atoms with Crippen LogP contribution in [0.2, 0.25) is 0 Å². The molecule has 8 heteroatoms. The molecule has 0 unspecified atom stereocenters. The SMILES string of the molecule is C[C@@H]1C[C@@H]1C(=O)Nc1cccc(C(=O)N(CC(F)(F)F)c2ccccn2)c1. The van der Waals surface area contributed by atoms with Crippen LogP contribution in [0.5, 0.6) is 0 Å². The molecule has 2 amide bonds. The van der Waals surface area contributed by atoms with Crippen molar-refractivity contribution in [3.05, 3.63) is 54.2 Å². The van der Waals surface area contributed by atoms with Crippen LogP contribution >= 0.6 is 0 Å². The average Bonchev–Trinajstić information content (AvgIpc) is 3.36. The van der Waals surface area contributed by atoms with Crippen LogP contribution < -0.4 is 10.2 Å². The Hall–Kier alpha value is -2.90. The number of nitrogens with zero attached hydrogens (tertiary/aromatic N) is 2. The predicted molar refractivity (Wildman–Crippen MR) is 94.3 cm³/mol. The van der Waals surface area contributed by atoms with Gasteiger partial charge in [-0.3, -0.25) is 14.5 Å². The molecule has 5 nitrogen and oxygen atoms in total. The number of aromatic nitrogens is 1. The first-order chi connectivity index (χ1) is 12.7. The molecule has 1 heterocycles. The summed E-state index contributed by atoms with van der Waals surface area (Å²) in [6.45, 7) is 0.505. The van der Waals surface area contributed by atoms with Gasteiger partial charge in [0.2, 0.25) is 5.91 Å². The maximum Gasteiger partial charge on any atom is 0.406 e. The highest BCUT2D eigenvalue weighted by atomic mass is 19.4. The normalized spacial score (nSPS) is 18.7. The quantitative estimate of drug-likeness (QED) is 0.860. The number of benzene rings is 1. The smallest absolute Gasteiger partial charge is 0.326 e. The van der Waals surface area contributed by atoms with Gasteiger partial charge in [-0.15, -0.1) is 0 Å². The Morgan fingerprint density at radius 2 is 1.96 bits per heavy atom. The molecule has 0 aliphatic heterocycles. The minimum absolute atomic E-state index is 0.0338. The molecular weight excluding hydrogens is 359 g/mol. The Morgan fingerprint density at radius 3 is 2.56 bits per heavy atom. The average molecular weight is 377 g/mol. The molecule has 142 valence electrons. The van der Waals surface area contributed by atoms with Gasteiger partial charge in [-0.1, -0.05) is 19.1 Å². The Labute approximate surface area is 154 Å². The minimum atomic E-state index is -4.58. The lowest BCUT2D eigenvalue weighted by Gasteiger charge is -2.23. The maximum atomic E-state index is 13.0. The molecular formula is C19H18F3N3O2. The van der Waals surface area contributed by atoms with Crippen molar-refractivity contribution < 1.29 is 22.8 Å². The van der Waals surface area contributed by atoms with Crippen molar-refractivity contribution in [2.75, 3.05) is 16.8 Å². The second kappa shape index (κ2) is 7.38. The standard InChI is InChI=1S/C19H18F3N3O2/c1-12-9-15(12)17(26)24-14-6-4-5-13(10-14)18(27)25(11-19(20,21)22)16-7-2-3-8-23-16/h2-8,10,12,15H,9,11H2,1H3,(H,24,26)/t12-,15+/m1/s1. The summed E-state index contributed by atoms with van der Waals surface area (Å²) >= 11 is 0. The lowest BCUT2D eigenvalue weighted by atomic mass is 10.1. The van der Waals surface area contributed by atoms with Crippen molar-refractivity contribution in [2.24, 2.45) is 11.8 Å². The molecule has 27 heavy (non-hydrogen) atoms. The van der Waals surface area contributed by atoms with E-state index in [2.05, 4.69) is 10.3 Å². The number of hydrogen-bond acceptors (Lipinski definition) is 3. The molecule has 0 saturated heterocycles. The number of carbonyl (C=O) groups is 2. The number of nitrogens with one attached hydrogen (secondary N) is 1. The van der Waals surface area contributed by atoms with Gasteiger partial charge in [0.05, 0.1) is 0 Å². The van der Waals surface area contributed by atoms with Gasteiger partial charge in [0.25, 0.3) is 5.91 Å². The maximum absolute atomic E-state index is 13.0. The van der Waals surface area contributed by atoms with Crippen LogP contribution in [0.1, 0.15) is 23.7 Å². The summed E-state index contributed by atoms with van der Waals surface area (Å²) in [5.74, 6) is -0.826. The van der Waals surface area contributed by atoms with Gasteiger partial charge < -0.3 is 5.32 Å². The summed E-state index contributed by atoms with van der Waals surface area (Å²) in [6.07, 6.45) is -2.45. The monoisotopic (exact) mass is 377 g/mol. The highest BCUT2D eigenvalue weighted by molar-refractivity contribution is 6.06. The molecule has 1 aliphatic rings. The van der Waals surface area contributed by atoms with Crippen molar-refractivity contribution in [3.8, 4) is 0 Å². The molecule has 1 aromatic heterocycles. The first-order valence-electron chi connectivity index (χ1n) is 8.45. The van der Waals surface area contributed by atoms with E-state index < -0.39 is 18.6 Å². The Balaban J connectivity index is 1.83. The van der Waals surface area contributed by atoms with E-state index >= 15 is 0 Å². The molecule has 2 atom stereocenters. The first-order valence-corrected chi connectivity index (χ1v) is 8.45. The van der Waals surface area contributed by atoms with E-state index in [1.807, 2.05) is 6.92 Å². The van der Waals surface area contributed by atoms with Crippen molar-refractivity contribution in [2.45, 2.75) is 19.5 Å². The number of anilines is 2. The Morgan fingerprint density at radius 1 is 1.22 bits per heavy atom. The fourth-order valence-corrected chi connectivity index (χ4v) is 2.76. The molecule has 1 fully saturated rings. The van der Waals surface area contributed by atoms with E-state index in [9.17, 15) is 22.8 Å². The van der Waals surface area contributed by atoms with E-state index in [1.54, 1.807) is 12.1 Å². The zero-order valence-electron chi connectivity index (χ0n) is 14.5. The predicted octanol–water partition coefficient (Wildman–Crippen LogP) is 3.89. The number of rotatable bonds is 5. The van der Waals surface area contributed by atoms with Crippen LogP contribution in [0.3, 0.4) is 0 Å². The van der Waals surface area contributed by atoms with E-state index in [0.29, 0.717) is 16.5 Å². The zero-order chi connectivity index (χ0) is 19.6. The third-order valence-corrected chi connectivity index (χ3v) is 4.33. The number of alkyl halides is 3. The number of pyridine rings is 1. The van der Waals surface area contributed by atoms with Gasteiger partial charge >= 0.3 is 6.18 Å². The summed E-state index contributed by atoms with van der Waals surface area (Å²) in [5, 5.41) is 2.71. The first kappa shape index (κ1) is 18.9. The van der Waals surface area contributed by atoms with Crippen LogP contribution in [0.25, 0.3) is 0 Å². The number of carbonyl (C=O) groups excluding carboxylic acids is 2. The van der Waals surface area contributed by atoms with E-state index in [-0.39, 0.29) is 23.2 Å². The van der Waals surface area contributed by atoms with Gasteiger partial charge in [-0.25, -0.2) is 4.98 Å². The summed E-state index contributed by atoms with van der Waals surface area (Å²) in [6, 6.07) is 10.3. The molecule has 1 saturated carbocycles. The van der Waals surface area contributed by atoms with Crippen molar-refractivity contribution in [3.63, 3.8) is 0 Å². The van der Waals surface area contributed by atoms with E-state index in [4.69, 9.17) is 0 Å². The molecule has 2 aromatic rings. The lowest BCUT2D eigenvalue weighted by Crippen LogP contribution is -2.39. The Kier molecular flexibility index (Phi) is 5.16. The molecule has 1 aromatic carbocycles. The minimum Gasteiger partial charge on any atom is -0.326 e. The molecule has 0 radical (unpaired) electrons. The molecule has 0 bridgehead atoms. The molecule has 3 rings (SSSR count). The van der Waals surface area contributed by atoms with Gasteiger partial charge in [-0.2, -0.15) is 13.2 Å². The van der Waals surface area contributed by atoms with Crippen LogP contribution in [-0.2, 0) is 4.79 Å². The number of amides is 2. The molecule has 1 aliphatic carbocycles. The fraction of sp³-hybridized carbons (Fsp3) is 0.316. The number of hydrogen-bond donors (Lipinski definition) is 1. The van der Waals surface area contributed by atoms with Crippen LogP contribution in [0, 0.1) is 11.8 Å². The van der Waals surface area contributed by atoms with Crippen LogP contribution in [-0.4, -0.2) is 29.5 Å². The highest BCUT2D eigenvalue weighted by Gasteiger charge is 2.39. The highest BCUT2D eigenvalue weighted by Crippen LogP contribution is 2.38. The molecule has 1 N–H and O–H groups in total. The van der Waals surface area contributed by atoms with Gasteiger partial charge in [0, 0.05) is 23.4 Å². The summed E-state index contributed by atoms with van der Waals surface area (Å²) < 4.78 is 38.9. The fourth-order valence-electron chi connectivity index (χ4n) is 2.76. The van der Waals surface area contributed by atoms with Gasteiger partial charge in [0.15, 0.2) is 0 Å². The van der Waals surface area contributed by atoms with Crippen LogP contribution in [0.4, 0.5) is 24.7 Å². The summed E-state index contributed by atoms with van der Waals surface area (Å²) in [5.41, 5.74) is 0.407. The van der Waals surface area contributed by atoms with Gasteiger partial charge in [0.1, 0.15) is 12.4 Å². The van der Waals surface area contributed by atoms with Crippen molar-refractivity contribution in [1.29, 1.82) is 0 Å². The zero-order valence-corrected chi connectivity index (χ0v) is 14.5.